The third-order valence-corrected chi connectivity index (χ3v) is 6.49. The maximum absolute atomic E-state index is 13.1. The molecule has 3 amide bonds. The monoisotopic (exact) mass is 431 g/mol. The summed E-state index contributed by atoms with van der Waals surface area (Å²) in [6.07, 6.45) is 9.06. The lowest BCUT2D eigenvalue weighted by atomic mass is 9.97. The van der Waals surface area contributed by atoms with E-state index in [-0.39, 0.29) is 11.9 Å². The highest BCUT2D eigenvalue weighted by molar-refractivity contribution is 5.96. The lowest BCUT2D eigenvalue weighted by Gasteiger charge is -2.36. The fourth-order valence-electron chi connectivity index (χ4n) is 4.52. The Morgan fingerprint density at radius 1 is 1.00 bits per heavy atom. The van der Waals surface area contributed by atoms with Gasteiger partial charge in [-0.1, -0.05) is 35.9 Å². The van der Waals surface area contributed by atoms with Gasteiger partial charge < -0.3 is 10.2 Å². The Balaban J connectivity index is 1.34. The molecule has 168 valence electrons. The largest absolute Gasteiger partial charge is 0.352 e. The molecule has 1 saturated heterocycles. The summed E-state index contributed by atoms with van der Waals surface area (Å²) in [5.41, 5.74) is 5.32. The average Bonchev–Trinajstić information content (AvgIpc) is 2.82. The first kappa shape index (κ1) is 22.1. The number of nitrogens with one attached hydrogen (secondary N) is 1. The molecular weight excluding hydrogens is 398 g/mol. The predicted octanol–water partition coefficient (Wildman–Crippen LogP) is 5.45. The maximum Gasteiger partial charge on any atom is 0.324 e. The molecule has 1 aliphatic carbocycles. The molecule has 0 atom stereocenters. The Kier molecular flexibility index (Phi) is 7.25. The van der Waals surface area contributed by atoms with Crippen LogP contribution in [-0.2, 0) is 6.54 Å². The van der Waals surface area contributed by atoms with E-state index in [4.69, 9.17) is 0 Å². The smallest absolute Gasteiger partial charge is 0.324 e. The van der Waals surface area contributed by atoms with E-state index in [1.165, 1.54) is 36.0 Å². The predicted molar refractivity (Wildman–Crippen MR) is 129 cm³/mol. The van der Waals surface area contributed by atoms with Crippen molar-refractivity contribution in [2.24, 2.45) is 0 Å². The van der Waals surface area contributed by atoms with Gasteiger partial charge in [0.15, 0.2) is 0 Å². The van der Waals surface area contributed by atoms with E-state index in [1.807, 2.05) is 46.2 Å². The van der Waals surface area contributed by atoms with E-state index < -0.39 is 0 Å². The van der Waals surface area contributed by atoms with Gasteiger partial charge in [-0.2, -0.15) is 0 Å². The van der Waals surface area contributed by atoms with Gasteiger partial charge in [-0.3, -0.25) is 9.69 Å². The molecule has 2 aromatic carbocycles. The van der Waals surface area contributed by atoms with E-state index in [1.54, 1.807) is 0 Å². The number of rotatable bonds is 7. The number of aryl methyl sites for hydroxylation is 1. The van der Waals surface area contributed by atoms with E-state index in [2.05, 4.69) is 30.4 Å². The van der Waals surface area contributed by atoms with Crippen LogP contribution in [-0.4, -0.2) is 36.5 Å². The van der Waals surface area contributed by atoms with Crippen LogP contribution in [0.25, 0.3) is 0 Å². The number of urea groups is 1. The van der Waals surface area contributed by atoms with Gasteiger partial charge >= 0.3 is 6.03 Å². The van der Waals surface area contributed by atoms with Crippen LogP contribution in [0.1, 0.15) is 60.0 Å². The Bertz CT molecular complexity index is 981. The highest BCUT2D eigenvalue weighted by Crippen LogP contribution is 2.23. The molecule has 32 heavy (non-hydrogen) atoms. The summed E-state index contributed by atoms with van der Waals surface area (Å²) in [7, 11) is 0. The van der Waals surface area contributed by atoms with Crippen molar-refractivity contribution in [3.05, 3.63) is 76.9 Å². The number of anilines is 1. The summed E-state index contributed by atoms with van der Waals surface area (Å²) in [5.74, 6) is -0.0564. The standard InChI is InChI=1S/C27H33N3O2/c1-21-8-5-6-11-24(21)20-29-18-7-19-30(27(29)32)25-14-12-23(13-15-25)26(31)28-17-16-22-9-3-2-4-10-22/h5-6,8-9,11-15H,2-4,7,10,16-20H2,1H3,(H,28,31). The van der Waals surface area contributed by atoms with Crippen molar-refractivity contribution in [1.82, 2.24) is 10.2 Å². The van der Waals surface area contributed by atoms with Crippen molar-refractivity contribution in [2.75, 3.05) is 24.5 Å². The van der Waals surface area contributed by atoms with Crippen LogP contribution in [0.2, 0.25) is 0 Å². The third kappa shape index (κ3) is 5.39. The molecule has 1 aliphatic heterocycles. The summed E-state index contributed by atoms with van der Waals surface area (Å²) >= 11 is 0. The summed E-state index contributed by atoms with van der Waals surface area (Å²) in [6.45, 7) is 4.84. The van der Waals surface area contributed by atoms with Crippen LogP contribution in [0.4, 0.5) is 10.5 Å². The molecule has 2 aliphatic rings. The number of hydrogen-bond donors (Lipinski definition) is 1. The molecule has 1 N–H and O–H groups in total. The van der Waals surface area contributed by atoms with Crippen molar-refractivity contribution < 1.29 is 9.59 Å². The first-order valence-corrected chi connectivity index (χ1v) is 11.8. The minimum Gasteiger partial charge on any atom is -0.352 e. The van der Waals surface area contributed by atoms with Gasteiger partial charge in [0.25, 0.3) is 5.91 Å². The van der Waals surface area contributed by atoms with Gasteiger partial charge in [0.1, 0.15) is 0 Å². The molecule has 0 radical (unpaired) electrons. The first-order chi connectivity index (χ1) is 15.6. The highest BCUT2D eigenvalue weighted by atomic mass is 16.2. The molecule has 5 heteroatoms. The Hall–Kier alpha value is -3.08. The normalized spacial score (nSPS) is 16.7. The number of carbonyl (C=O) groups is 2. The zero-order valence-electron chi connectivity index (χ0n) is 19.0. The number of benzene rings is 2. The second kappa shape index (κ2) is 10.5. The van der Waals surface area contributed by atoms with Crippen LogP contribution in [0.3, 0.4) is 0 Å². The lowest BCUT2D eigenvalue weighted by Crippen LogP contribution is -2.49. The van der Waals surface area contributed by atoms with Crippen LogP contribution < -0.4 is 10.2 Å². The minimum absolute atomic E-state index is 0.0254. The topological polar surface area (TPSA) is 52.6 Å². The highest BCUT2D eigenvalue weighted by Gasteiger charge is 2.27. The first-order valence-electron chi connectivity index (χ1n) is 11.8. The number of amides is 3. The average molecular weight is 432 g/mol. The number of allylic oxidation sites excluding steroid dienone is 1. The van der Waals surface area contributed by atoms with Crippen LogP contribution in [0.5, 0.6) is 0 Å². The van der Waals surface area contributed by atoms with E-state index in [0.717, 1.165) is 31.5 Å². The second-order valence-corrected chi connectivity index (χ2v) is 8.80. The summed E-state index contributed by atoms with van der Waals surface area (Å²) in [5, 5.41) is 3.03. The van der Waals surface area contributed by atoms with Gasteiger partial charge in [0.2, 0.25) is 0 Å². The third-order valence-electron chi connectivity index (χ3n) is 6.49. The van der Waals surface area contributed by atoms with Gasteiger partial charge in [0, 0.05) is 37.4 Å². The van der Waals surface area contributed by atoms with Gasteiger partial charge in [-0.15, -0.1) is 0 Å². The molecular formula is C27H33N3O2. The van der Waals surface area contributed by atoms with Crippen molar-refractivity contribution >= 4 is 17.6 Å². The molecule has 0 unspecified atom stereocenters. The molecule has 0 saturated carbocycles. The summed E-state index contributed by atoms with van der Waals surface area (Å²) in [6, 6.07) is 15.6. The molecule has 1 fully saturated rings. The minimum atomic E-state index is -0.0564. The number of carbonyl (C=O) groups excluding carboxylic acids is 2. The molecule has 1 heterocycles. The Morgan fingerprint density at radius 2 is 1.81 bits per heavy atom. The molecule has 0 aromatic heterocycles. The van der Waals surface area contributed by atoms with Crippen LogP contribution >= 0.6 is 0 Å². The fourth-order valence-corrected chi connectivity index (χ4v) is 4.52. The summed E-state index contributed by atoms with van der Waals surface area (Å²) < 4.78 is 0. The summed E-state index contributed by atoms with van der Waals surface area (Å²) in [4.78, 5) is 29.4. The van der Waals surface area contributed by atoms with E-state index in [9.17, 15) is 9.59 Å². The fraction of sp³-hybridized carbons (Fsp3) is 0.407. The van der Waals surface area contributed by atoms with E-state index >= 15 is 0 Å². The Labute approximate surface area is 191 Å². The van der Waals surface area contributed by atoms with Crippen molar-refractivity contribution in [3.63, 3.8) is 0 Å². The van der Waals surface area contributed by atoms with Gasteiger partial charge in [0.05, 0.1) is 0 Å². The quantitative estimate of drug-likeness (QED) is 0.593. The zero-order valence-corrected chi connectivity index (χ0v) is 19.0. The molecule has 0 bridgehead atoms. The zero-order chi connectivity index (χ0) is 22.3. The number of nitrogens with zero attached hydrogens (tertiary/aromatic N) is 2. The van der Waals surface area contributed by atoms with Gasteiger partial charge in [-0.25, -0.2) is 4.79 Å². The molecule has 0 spiro atoms. The van der Waals surface area contributed by atoms with Crippen LogP contribution in [0.15, 0.2) is 60.2 Å². The second-order valence-electron chi connectivity index (χ2n) is 8.80. The van der Waals surface area contributed by atoms with Gasteiger partial charge in [-0.05, 0) is 80.8 Å². The number of hydrogen-bond acceptors (Lipinski definition) is 2. The lowest BCUT2D eigenvalue weighted by molar-refractivity contribution is 0.0954. The van der Waals surface area contributed by atoms with Crippen molar-refractivity contribution in [2.45, 2.75) is 52.0 Å². The molecule has 2 aromatic rings. The molecule has 4 rings (SSSR count). The van der Waals surface area contributed by atoms with Crippen molar-refractivity contribution in [3.8, 4) is 0 Å². The SMILES string of the molecule is Cc1ccccc1CN1CCCN(c2ccc(C(=O)NCCC3=CCCCC3)cc2)C1=O. The van der Waals surface area contributed by atoms with E-state index in [0.29, 0.717) is 25.2 Å². The van der Waals surface area contributed by atoms with Crippen LogP contribution in [0, 0.1) is 6.92 Å². The molecule has 5 nitrogen and oxygen atoms in total. The van der Waals surface area contributed by atoms with Crippen molar-refractivity contribution in [1.29, 1.82) is 0 Å². The maximum atomic E-state index is 13.1. The Morgan fingerprint density at radius 3 is 2.56 bits per heavy atom.